The number of benzene rings is 1. The molecular weight excluding hydrogens is 264 g/mol. The van der Waals surface area contributed by atoms with Crippen LogP contribution in [-0.4, -0.2) is 28.6 Å². The van der Waals surface area contributed by atoms with Gasteiger partial charge in [0.25, 0.3) is 0 Å². The first-order valence-corrected chi connectivity index (χ1v) is 7.85. The van der Waals surface area contributed by atoms with Crippen LogP contribution in [0.25, 0.3) is 0 Å². The van der Waals surface area contributed by atoms with Gasteiger partial charge in [0.1, 0.15) is 0 Å². The van der Waals surface area contributed by atoms with Gasteiger partial charge in [0, 0.05) is 18.3 Å². The molecule has 2 N–H and O–H groups in total. The van der Waals surface area contributed by atoms with E-state index in [1.54, 1.807) is 6.92 Å². The van der Waals surface area contributed by atoms with Crippen LogP contribution in [-0.2, 0) is 0 Å². The number of carbonyl (C=O) groups is 1. The second kappa shape index (κ2) is 8.67. The van der Waals surface area contributed by atoms with Crippen molar-refractivity contribution in [3.63, 3.8) is 0 Å². The predicted octanol–water partition coefficient (Wildman–Crippen LogP) is 4.17. The van der Waals surface area contributed by atoms with E-state index >= 15 is 0 Å². The number of unbranched alkanes of at least 4 members (excludes halogenated alkanes) is 1. The van der Waals surface area contributed by atoms with Gasteiger partial charge in [-0.1, -0.05) is 32.4 Å². The minimum atomic E-state index is -0.490. The largest absolute Gasteiger partial charge is 0.389 e. The van der Waals surface area contributed by atoms with Gasteiger partial charge in [-0.3, -0.25) is 0 Å². The van der Waals surface area contributed by atoms with Crippen LogP contribution in [0.4, 0.5) is 10.5 Å². The number of nitrogens with one attached hydrogen (secondary N) is 1. The van der Waals surface area contributed by atoms with E-state index in [2.05, 4.69) is 26.1 Å². The second-order valence-corrected chi connectivity index (χ2v) is 5.53. The molecule has 0 aliphatic heterocycles. The molecule has 4 heteroatoms. The van der Waals surface area contributed by atoms with E-state index in [4.69, 9.17) is 0 Å². The Morgan fingerprint density at radius 1 is 1.24 bits per heavy atom. The third-order valence-corrected chi connectivity index (χ3v) is 3.78. The molecule has 1 rings (SSSR count). The summed E-state index contributed by atoms with van der Waals surface area (Å²) in [5.41, 5.74) is 1.60. The Morgan fingerprint density at radius 3 is 2.33 bits per heavy atom. The van der Waals surface area contributed by atoms with Gasteiger partial charge in [-0.2, -0.15) is 0 Å². The highest BCUT2D eigenvalue weighted by molar-refractivity contribution is 5.89. The van der Waals surface area contributed by atoms with Crippen molar-refractivity contribution in [3.8, 4) is 0 Å². The summed E-state index contributed by atoms with van der Waals surface area (Å²) < 4.78 is 0. The van der Waals surface area contributed by atoms with E-state index in [1.807, 2.05) is 29.2 Å². The van der Waals surface area contributed by atoms with Crippen LogP contribution in [0.1, 0.15) is 58.6 Å². The minimum Gasteiger partial charge on any atom is -0.389 e. The van der Waals surface area contributed by atoms with Gasteiger partial charge < -0.3 is 15.3 Å². The third-order valence-electron chi connectivity index (χ3n) is 3.78. The fourth-order valence-electron chi connectivity index (χ4n) is 2.11. The van der Waals surface area contributed by atoms with E-state index < -0.39 is 6.10 Å². The summed E-state index contributed by atoms with van der Waals surface area (Å²) in [6.07, 6.45) is 2.54. The molecule has 0 heterocycles. The van der Waals surface area contributed by atoms with Gasteiger partial charge in [0.15, 0.2) is 0 Å². The summed E-state index contributed by atoms with van der Waals surface area (Å²) in [7, 11) is 0. The van der Waals surface area contributed by atoms with E-state index in [0.717, 1.165) is 37.1 Å². The zero-order valence-electron chi connectivity index (χ0n) is 13.6. The lowest BCUT2D eigenvalue weighted by Crippen LogP contribution is -2.41. The van der Waals surface area contributed by atoms with Gasteiger partial charge in [0.2, 0.25) is 0 Å². The predicted molar refractivity (Wildman–Crippen MR) is 87.5 cm³/mol. The summed E-state index contributed by atoms with van der Waals surface area (Å²) in [4.78, 5) is 14.3. The summed E-state index contributed by atoms with van der Waals surface area (Å²) in [5.74, 6) is 0. The third kappa shape index (κ3) is 5.38. The molecule has 2 unspecified atom stereocenters. The second-order valence-electron chi connectivity index (χ2n) is 5.53. The molecule has 0 saturated carbocycles. The van der Waals surface area contributed by atoms with Crippen molar-refractivity contribution in [3.05, 3.63) is 29.8 Å². The molecule has 0 bridgehead atoms. The van der Waals surface area contributed by atoms with E-state index in [9.17, 15) is 9.90 Å². The van der Waals surface area contributed by atoms with Gasteiger partial charge in [-0.05, 0) is 44.4 Å². The SMILES string of the molecule is CCCCN(C(=O)Nc1ccc(C(C)O)cc1)C(C)CC. The zero-order valence-corrected chi connectivity index (χ0v) is 13.6. The highest BCUT2D eigenvalue weighted by atomic mass is 16.3. The first-order chi connectivity index (χ1) is 9.99. The monoisotopic (exact) mass is 292 g/mol. The van der Waals surface area contributed by atoms with Crippen LogP contribution in [0, 0.1) is 0 Å². The van der Waals surface area contributed by atoms with E-state index in [1.165, 1.54) is 0 Å². The van der Waals surface area contributed by atoms with Crippen molar-refractivity contribution >= 4 is 11.7 Å². The lowest BCUT2D eigenvalue weighted by molar-refractivity contribution is 0.189. The van der Waals surface area contributed by atoms with Crippen LogP contribution in [0.3, 0.4) is 0 Å². The van der Waals surface area contributed by atoms with E-state index in [-0.39, 0.29) is 12.1 Å². The van der Waals surface area contributed by atoms with Crippen LogP contribution in [0.5, 0.6) is 0 Å². The maximum atomic E-state index is 12.4. The van der Waals surface area contributed by atoms with Gasteiger partial charge >= 0.3 is 6.03 Å². The van der Waals surface area contributed by atoms with E-state index in [0.29, 0.717) is 0 Å². The highest BCUT2D eigenvalue weighted by Crippen LogP contribution is 2.17. The van der Waals surface area contributed by atoms with Crippen molar-refractivity contribution in [2.24, 2.45) is 0 Å². The zero-order chi connectivity index (χ0) is 15.8. The number of anilines is 1. The molecule has 0 aliphatic carbocycles. The Hall–Kier alpha value is -1.55. The molecule has 21 heavy (non-hydrogen) atoms. The van der Waals surface area contributed by atoms with Crippen molar-refractivity contribution in [2.75, 3.05) is 11.9 Å². The number of rotatable bonds is 7. The Kier molecular flexibility index (Phi) is 7.23. The number of nitrogens with zero attached hydrogens (tertiary/aromatic N) is 1. The molecular formula is C17H28N2O2. The van der Waals surface area contributed by atoms with Crippen molar-refractivity contribution < 1.29 is 9.90 Å². The van der Waals surface area contributed by atoms with Crippen molar-refractivity contribution in [1.29, 1.82) is 0 Å². The fraction of sp³-hybridized carbons (Fsp3) is 0.588. The quantitative estimate of drug-likeness (QED) is 0.792. The molecule has 0 saturated heterocycles. The Bertz CT molecular complexity index is 429. The maximum absolute atomic E-state index is 12.4. The first-order valence-electron chi connectivity index (χ1n) is 7.85. The Labute approximate surface area is 128 Å². The smallest absolute Gasteiger partial charge is 0.322 e. The van der Waals surface area contributed by atoms with Crippen LogP contribution < -0.4 is 5.32 Å². The lowest BCUT2D eigenvalue weighted by Gasteiger charge is -2.28. The highest BCUT2D eigenvalue weighted by Gasteiger charge is 2.18. The number of aliphatic hydroxyl groups excluding tert-OH is 1. The fourth-order valence-corrected chi connectivity index (χ4v) is 2.11. The molecule has 0 fully saturated rings. The van der Waals surface area contributed by atoms with Crippen LogP contribution in [0.15, 0.2) is 24.3 Å². The van der Waals surface area contributed by atoms with Gasteiger partial charge in [0.05, 0.1) is 6.10 Å². The Balaban J connectivity index is 2.71. The standard InChI is InChI=1S/C17H28N2O2/c1-5-7-12-19(13(3)6-2)17(21)18-16-10-8-15(9-11-16)14(4)20/h8-11,13-14,20H,5-7,12H2,1-4H3,(H,18,21). The number of aliphatic hydroxyl groups is 1. The number of hydrogen-bond donors (Lipinski definition) is 2. The van der Waals surface area contributed by atoms with Gasteiger partial charge in [-0.25, -0.2) is 4.79 Å². The minimum absolute atomic E-state index is 0.0532. The summed E-state index contributed by atoms with van der Waals surface area (Å²) in [5, 5.41) is 12.4. The molecule has 118 valence electrons. The molecule has 0 radical (unpaired) electrons. The molecule has 0 aromatic heterocycles. The summed E-state index contributed by atoms with van der Waals surface area (Å²) in [6.45, 7) is 8.80. The summed E-state index contributed by atoms with van der Waals surface area (Å²) >= 11 is 0. The van der Waals surface area contributed by atoms with Crippen molar-refractivity contribution in [1.82, 2.24) is 4.90 Å². The molecule has 2 amide bonds. The van der Waals surface area contributed by atoms with Crippen LogP contribution in [0.2, 0.25) is 0 Å². The molecule has 1 aromatic carbocycles. The molecule has 0 spiro atoms. The van der Waals surface area contributed by atoms with Crippen LogP contribution >= 0.6 is 0 Å². The Morgan fingerprint density at radius 2 is 1.86 bits per heavy atom. The number of hydrogen-bond acceptors (Lipinski definition) is 2. The normalized spacial score (nSPS) is 13.6. The summed E-state index contributed by atoms with van der Waals surface area (Å²) in [6, 6.07) is 7.50. The first kappa shape index (κ1) is 17.5. The molecule has 1 aromatic rings. The number of carbonyl (C=O) groups excluding carboxylic acids is 1. The van der Waals surface area contributed by atoms with Crippen molar-refractivity contribution in [2.45, 2.75) is 59.1 Å². The topological polar surface area (TPSA) is 52.6 Å². The molecule has 2 atom stereocenters. The number of amides is 2. The molecule has 4 nitrogen and oxygen atoms in total. The molecule has 0 aliphatic rings. The number of urea groups is 1. The average Bonchev–Trinajstić information content (AvgIpc) is 2.47. The lowest BCUT2D eigenvalue weighted by atomic mass is 10.1. The average molecular weight is 292 g/mol. The maximum Gasteiger partial charge on any atom is 0.322 e. The van der Waals surface area contributed by atoms with Gasteiger partial charge in [-0.15, -0.1) is 0 Å².